The summed E-state index contributed by atoms with van der Waals surface area (Å²) in [5.74, 6) is 0. The van der Waals surface area contributed by atoms with E-state index >= 15 is 0 Å². The topological polar surface area (TPSA) is 55.0 Å². The Hall–Kier alpha value is -1.78. The minimum Gasteiger partial charge on any atom is -0.325 e. The summed E-state index contributed by atoms with van der Waals surface area (Å²) in [5.41, 5.74) is 8.97. The van der Waals surface area contributed by atoms with Crippen molar-refractivity contribution in [3.63, 3.8) is 0 Å². The predicted octanol–water partition coefficient (Wildman–Crippen LogP) is 1.57. The van der Waals surface area contributed by atoms with Crippen LogP contribution < -0.4 is 5.73 Å². The first kappa shape index (κ1) is 12.7. The smallest absolute Gasteiger partial charge is 0.0542 e. The van der Waals surface area contributed by atoms with Crippen LogP contribution in [0.15, 0.2) is 42.9 Å². The van der Waals surface area contributed by atoms with E-state index in [1.807, 2.05) is 24.5 Å². The summed E-state index contributed by atoms with van der Waals surface area (Å²) < 4.78 is 0. The first-order valence-corrected chi connectivity index (χ1v) is 5.99. The van der Waals surface area contributed by atoms with Gasteiger partial charge in [0.05, 0.1) is 5.69 Å². The molecule has 0 bridgehead atoms. The van der Waals surface area contributed by atoms with Gasteiger partial charge in [0.2, 0.25) is 0 Å². The van der Waals surface area contributed by atoms with Gasteiger partial charge in [0.25, 0.3) is 0 Å². The van der Waals surface area contributed by atoms with Crippen LogP contribution in [-0.2, 0) is 19.6 Å². The van der Waals surface area contributed by atoms with Crippen LogP contribution >= 0.6 is 0 Å². The minimum atomic E-state index is 0.486. The summed E-state index contributed by atoms with van der Waals surface area (Å²) in [5, 5.41) is 0. The highest BCUT2D eigenvalue weighted by molar-refractivity contribution is 5.16. The lowest BCUT2D eigenvalue weighted by Crippen LogP contribution is -2.17. The van der Waals surface area contributed by atoms with Crippen molar-refractivity contribution < 1.29 is 0 Å². The standard InChI is InChI=1S/C14H18N4/c1-18(11-13-3-2-5-16-9-13)10-12-4-6-17-14(7-12)8-15/h2-7,9H,8,10-11,15H2,1H3. The molecule has 0 saturated heterocycles. The molecule has 0 radical (unpaired) electrons. The molecule has 4 nitrogen and oxygen atoms in total. The van der Waals surface area contributed by atoms with E-state index in [0.29, 0.717) is 6.54 Å². The summed E-state index contributed by atoms with van der Waals surface area (Å²) in [7, 11) is 2.09. The van der Waals surface area contributed by atoms with Gasteiger partial charge in [-0.3, -0.25) is 14.9 Å². The van der Waals surface area contributed by atoms with Crippen LogP contribution in [0.1, 0.15) is 16.8 Å². The molecule has 2 heterocycles. The van der Waals surface area contributed by atoms with Gasteiger partial charge >= 0.3 is 0 Å². The molecule has 0 unspecified atom stereocenters. The van der Waals surface area contributed by atoms with Gasteiger partial charge in [-0.1, -0.05) is 6.07 Å². The van der Waals surface area contributed by atoms with E-state index in [1.54, 1.807) is 6.20 Å². The molecule has 2 aromatic rings. The van der Waals surface area contributed by atoms with Gasteiger partial charge in [-0.25, -0.2) is 0 Å². The Morgan fingerprint density at radius 1 is 1.17 bits per heavy atom. The summed E-state index contributed by atoms with van der Waals surface area (Å²) >= 11 is 0. The van der Waals surface area contributed by atoms with Gasteiger partial charge < -0.3 is 5.73 Å². The Labute approximate surface area is 107 Å². The zero-order valence-electron chi connectivity index (χ0n) is 10.6. The highest BCUT2D eigenvalue weighted by atomic mass is 15.1. The maximum absolute atomic E-state index is 5.59. The van der Waals surface area contributed by atoms with Crippen molar-refractivity contribution in [2.75, 3.05) is 7.05 Å². The first-order chi connectivity index (χ1) is 8.78. The molecule has 2 rings (SSSR count). The molecular formula is C14H18N4. The van der Waals surface area contributed by atoms with E-state index in [9.17, 15) is 0 Å². The van der Waals surface area contributed by atoms with E-state index in [0.717, 1.165) is 18.8 Å². The lowest BCUT2D eigenvalue weighted by molar-refractivity contribution is 0.318. The van der Waals surface area contributed by atoms with Crippen molar-refractivity contribution in [1.82, 2.24) is 14.9 Å². The fourth-order valence-electron chi connectivity index (χ4n) is 1.91. The van der Waals surface area contributed by atoms with E-state index in [1.165, 1.54) is 11.1 Å². The van der Waals surface area contributed by atoms with E-state index in [4.69, 9.17) is 5.73 Å². The normalized spacial score (nSPS) is 10.8. The van der Waals surface area contributed by atoms with Crippen LogP contribution in [0.4, 0.5) is 0 Å². The van der Waals surface area contributed by atoms with Gasteiger partial charge in [-0.15, -0.1) is 0 Å². The Morgan fingerprint density at radius 2 is 2.00 bits per heavy atom. The van der Waals surface area contributed by atoms with Gasteiger partial charge in [0, 0.05) is 38.2 Å². The van der Waals surface area contributed by atoms with Gasteiger partial charge in [0.15, 0.2) is 0 Å². The highest BCUT2D eigenvalue weighted by Gasteiger charge is 2.02. The van der Waals surface area contributed by atoms with Crippen LogP contribution in [0.5, 0.6) is 0 Å². The molecule has 0 aromatic carbocycles. The molecule has 94 valence electrons. The van der Waals surface area contributed by atoms with Gasteiger partial charge in [0.1, 0.15) is 0 Å². The van der Waals surface area contributed by atoms with Crippen molar-refractivity contribution in [1.29, 1.82) is 0 Å². The lowest BCUT2D eigenvalue weighted by atomic mass is 10.2. The van der Waals surface area contributed by atoms with Crippen LogP contribution in [-0.4, -0.2) is 21.9 Å². The molecule has 18 heavy (non-hydrogen) atoms. The maximum atomic E-state index is 5.59. The second-order valence-electron chi connectivity index (χ2n) is 4.39. The number of pyridine rings is 2. The fourth-order valence-corrected chi connectivity index (χ4v) is 1.91. The second kappa shape index (κ2) is 6.23. The lowest BCUT2D eigenvalue weighted by Gasteiger charge is -2.16. The molecule has 2 N–H and O–H groups in total. The summed E-state index contributed by atoms with van der Waals surface area (Å²) in [6, 6.07) is 8.13. The van der Waals surface area contributed by atoms with Crippen molar-refractivity contribution in [2.45, 2.75) is 19.6 Å². The molecule has 2 aromatic heterocycles. The Balaban J connectivity index is 1.96. The van der Waals surface area contributed by atoms with E-state index < -0.39 is 0 Å². The molecule has 0 aliphatic carbocycles. The summed E-state index contributed by atoms with van der Waals surface area (Å²) in [6.07, 6.45) is 5.50. The fraction of sp³-hybridized carbons (Fsp3) is 0.286. The number of rotatable bonds is 5. The second-order valence-corrected chi connectivity index (χ2v) is 4.39. The molecule has 4 heteroatoms. The van der Waals surface area contributed by atoms with Gasteiger partial charge in [-0.2, -0.15) is 0 Å². The molecule has 0 fully saturated rings. The SMILES string of the molecule is CN(Cc1cccnc1)Cc1ccnc(CN)c1. The Bertz CT molecular complexity index is 484. The van der Waals surface area contributed by atoms with Gasteiger partial charge in [-0.05, 0) is 36.4 Å². The van der Waals surface area contributed by atoms with Crippen molar-refractivity contribution >= 4 is 0 Å². The summed E-state index contributed by atoms with van der Waals surface area (Å²) in [4.78, 5) is 10.6. The van der Waals surface area contributed by atoms with Crippen LogP contribution in [0.25, 0.3) is 0 Å². The molecule has 0 aliphatic rings. The van der Waals surface area contributed by atoms with Crippen LogP contribution in [0.2, 0.25) is 0 Å². The van der Waals surface area contributed by atoms with Crippen molar-refractivity contribution in [3.8, 4) is 0 Å². The predicted molar refractivity (Wildman–Crippen MR) is 71.5 cm³/mol. The van der Waals surface area contributed by atoms with Crippen molar-refractivity contribution in [2.24, 2.45) is 5.73 Å². The largest absolute Gasteiger partial charge is 0.325 e. The third-order valence-corrected chi connectivity index (χ3v) is 2.72. The molecule has 0 amide bonds. The van der Waals surface area contributed by atoms with Crippen LogP contribution in [0, 0.1) is 0 Å². The number of aromatic nitrogens is 2. The quantitative estimate of drug-likeness (QED) is 0.864. The highest BCUT2D eigenvalue weighted by Crippen LogP contribution is 2.08. The number of nitrogens with zero attached hydrogens (tertiary/aromatic N) is 3. The van der Waals surface area contributed by atoms with E-state index in [-0.39, 0.29) is 0 Å². The Morgan fingerprint density at radius 3 is 2.72 bits per heavy atom. The Kier molecular flexibility index (Phi) is 4.39. The molecule has 0 aliphatic heterocycles. The molecule has 0 atom stereocenters. The number of nitrogens with two attached hydrogens (primary N) is 1. The maximum Gasteiger partial charge on any atom is 0.0542 e. The van der Waals surface area contributed by atoms with Crippen molar-refractivity contribution in [3.05, 3.63) is 59.7 Å². The average molecular weight is 242 g/mol. The average Bonchev–Trinajstić information content (AvgIpc) is 2.40. The zero-order valence-corrected chi connectivity index (χ0v) is 10.6. The molecule has 0 saturated carbocycles. The molecular weight excluding hydrogens is 224 g/mol. The zero-order chi connectivity index (χ0) is 12.8. The van der Waals surface area contributed by atoms with Crippen LogP contribution in [0.3, 0.4) is 0 Å². The van der Waals surface area contributed by atoms with E-state index in [2.05, 4.69) is 34.0 Å². The molecule has 0 spiro atoms. The third kappa shape index (κ3) is 3.61. The summed E-state index contributed by atoms with van der Waals surface area (Å²) in [6.45, 7) is 2.25. The number of hydrogen-bond donors (Lipinski definition) is 1. The first-order valence-electron chi connectivity index (χ1n) is 5.99. The minimum absolute atomic E-state index is 0.486. The number of hydrogen-bond acceptors (Lipinski definition) is 4. The third-order valence-electron chi connectivity index (χ3n) is 2.72. The monoisotopic (exact) mass is 242 g/mol.